The van der Waals surface area contributed by atoms with Gasteiger partial charge >= 0.3 is 0 Å². The Hall–Kier alpha value is -2.18. The Morgan fingerprint density at radius 2 is 1.69 bits per heavy atom. The summed E-state index contributed by atoms with van der Waals surface area (Å²) < 4.78 is 28.0. The molecule has 1 fully saturated rings. The highest BCUT2D eigenvalue weighted by molar-refractivity contribution is 7.89. The van der Waals surface area contributed by atoms with E-state index in [-0.39, 0.29) is 16.8 Å². The summed E-state index contributed by atoms with van der Waals surface area (Å²) in [6, 6.07) is 12.8. The summed E-state index contributed by atoms with van der Waals surface area (Å²) in [7, 11) is -3.62. The van der Waals surface area contributed by atoms with Gasteiger partial charge in [0.05, 0.1) is 10.9 Å². The number of hydrogen-bond acceptors (Lipinski definition) is 3. The van der Waals surface area contributed by atoms with Crippen molar-refractivity contribution in [2.24, 2.45) is 11.8 Å². The first-order valence-corrected chi connectivity index (χ1v) is 13.2. The number of fused-ring (bicyclic) bond motifs is 1. The van der Waals surface area contributed by atoms with Crippen molar-refractivity contribution in [3.8, 4) is 0 Å². The molecule has 2 aromatic carbocycles. The fourth-order valence-electron chi connectivity index (χ4n) is 5.13. The van der Waals surface area contributed by atoms with Gasteiger partial charge in [-0.3, -0.25) is 4.79 Å². The predicted octanol–water partition coefficient (Wildman–Crippen LogP) is 4.72. The van der Waals surface area contributed by atoms with Crippen LogP contribution in [0.3, 0.4) is 0 Å². The van der Waals surface area contributed by atoms with E-state index in [4.69, 9.17) is 0 Å². The van der Waals surface area contributed by atoms with E-state index in [0.29, 0.717) is 30.5 Å². The number of aryl methyl sites for hydroxylation is 2. The minimum Gasteiger partial charge on any atom is -0.346 e. The SMILES string of the molecule is CC1CC(C)CN(S(=O)(=O)c2cccc(C(=O)N[C@@H](C)c3ccc4c(c3)CCCC4)c2)C1. The number of rotatable bonds is 5. The smallest absolute Gasteiger partial charge is 0.251 e. The van der Waals surface area contributed by atoms with Gasteiger partial charge in [0.15, 0.2) is 0 Å². The van der Waals surface area contributed by atoms with Crippen LogP contribution in [-0.2, 0) is 22.9 Å². The molecule has 1 aliphatic heterocycles. The fraction of sp³-hybridized carbons (Fsp3) is 0.500. The number of piperidine rings is 1. The summed E-state index contributed by atoms with van der Waals surface area (Å²) in [5, 5.41) is 3.04. The molecule has 5 nitrogen and oxygen atoms in total. The third-order valence-electron chi connectivity index (χ3n) is 6.79. The second-order valence-electron chi connectivity index (χ2n) is 9.73. The number of hydrogen-bond donors (Lipinski definition) is 1. The molecule has 2 aromatic rings. The van der Waals surface area contributed by atoms with E-state index >= 15 is 0 Å². The third-order valence-corrected chi connectivity index (χ3v) is 8.62. The molecule has 0 bridgehead atoms. The van der Waals surface area contributed by atoms with Crippen LogP contribution in [0.1, 0.15) is 73.1 Å². The van der Waals surface area contributed by atoms with Crippen LogP contribution in [0.25, 0.3) is 0 Å². The predicted molar refractivity (Wildman–Crippen MR) is 127 cm³/mol. The largest absolute Gasteiger partial charge is 0.346 e. The van der Waals surface area contributed by atoms with Crippen molar-refractivity contribution in [2.45, 2.75) is 63.8 Å². The van der Waals surface area contributed by atoms with E-state index in [1.54, 1.807) is 22.5 Å². The van der Waals surface area contributed by atoms with Crippen LogP contribution in [0.5, 0.6) is 0 Å². The molecule has 1 N–H and O–H groups in total. The molecule has 1 amide bonds. The maximum Gasteiger partial charge on any atom is 0.251 e. The zero-order valence-electron chi connectivity index (χ0n) is 19.3. The summed E-state index contributed by atoms with van der Waals surface area (Å²) in [6.45, 7) is 7.20. The second kappa shape index (κ2) is 9.36. The maximum atomic E-state index is 13.2. The van der Waals surface area contributed by atoms with Gasteiger partial charge in [0.1, 0.15) is 0 Å². The van der Waals surface area contributed by atoms with E-state index < -0.39 is 10.0 Å². The van der Waals surface area contributed by atoms with Crippen molar-refractivity contribution in [1.82, 2.24) is 9.62 Å². The van der Waals surface area contributed by atoms with Crippen molar-refractivity contribution < 1.29 is 13.2 Å². The van der Waals surface area contributed by atoms with E-state index in [2.05, 4.69) is 37.4 Å². The topological polar surface area (TPSA) is 66.5 Å². The number of benzene rings is 2. The standard InChI is InChI=1S/C26H34N2O3S/c1-18-13-19(2)17-28(16-18)32(30,31)25-10-6-9-24(15-25)26(29)27-20(3)22-12-11-21-7-4-5-8-23(21)14-22/h6,9-12,14-15,18-20H,4-5,7-8,13,16-17H2,1-3H3,(H,27,29)/t18?,19?,20-/m0/s1. The van der Waals surface area contributed by atoms with Crippen LogP contribution in [0.4, 0.5) is 0 Å². The summed E-state index contributed by atoms with van der Waals surface area (Å²) in [4.78, 5) is 13.1. The van der Waals surface area contributed by atoms with Crippen molar-refractivity contribution in [3.05, 3.63) is 64.7 Å². The molecule has 0 saturated carbocycles. The van der Waals surface area contributed by atoms with Gasteiger partial charge in [-0.2, -0.15) is 4.31 Å². The molecule has 32 heavy (non-hydrogen) atoms. The lowest BCUT2D eigenvalue weighted by molar-refractivity contribution is 0.0939. The van der Waals surface area contributed by atoms with Gasteiger partial charge in [-0.15, -0.1) is 0 Å². The molecule has 1 saturated heterocycles. The van der Waals surface area contributed by atoms with Gasteiger partial charge in [0.25, 0.3) is 5.91 Å². The first-order valence-electron chi connectivity index (χ1n) is 11.8. The number of nitrogens with one attached hydrogen (secondary N) is 1. The Labute approximate surface area is 192 Å². The summed E-state index contributed by atoms with van der Waals surface area (Å²) in [5.74, 6) is 0.405. The highest BCUT2D eigenvalue weighted by Gasteiger charge is 2.32. The van der Waals surface area contributed by atoms with Crippen LogP contribution >= 0.6 is 0 Å². The van der Waals surface area contributed by atoms with Crippen LogP contribution in [-0.4, -0.2) is 31.7 Å². The van der Waals surface area contributed by atoms with Crippen LogP contribution < -0.4 is 5.32 Å². The number of sulfonamides is 1. The molecule has 2 aliphatic rings. The molecule has 1 aliphatic carbocycles. The van der Waals surface area contributed by atoms with Gasteiger partial charge in [0.2, 0.25) is 10.0 Å². The molecular formula is C26H34N2O3S. The Kier molecular flexibility index (Phi) is 6.72. The third kappa shape index (κ3) is 4.91. The van der Waals surface area contributed by atoms with Crippen molar-refractivity contribution in [2.75, 3.05) is 13.1 Å². The number of nitrogens with zero attached hydrogens (tertiary/aromatic N) is 1. The minimum absolute atomic E-state index is 0.154. The number of carbonyl (C=O) groups excluding carboxylic acids is 1. The quantitative estimate of drug-likeness (QED) is 0.711. The molecule has 6 heteroatoms. The van der Waals surface area contributed by atoms with Gasteiger partial charge < -0.3 is 5.32 Å². The summed E-state index contributed by atoms with van der Waals surface area (Å²) in [6.07, 6.45) is 5.72. The van der Waals surface area contributed by atoms with E-state index in [1.807, 2.05) is 6.92 Å². The highest BCUT2D eigenvalue weighted by Crippen LogP contribution is 2.28. The summed E-state index contributed by atoms with van der Waals surface area (Å²) in [5.41, 5.74) is 4.25. The average Bonchev–Trinajstić information content (AvgIpc) is 2.78. The Morgan fingerprint density at radius 1 is 1.00 bits per heavy atom. The fourth-order valence-corrected chi connectivity index (χ4v) is 6.86. The highest BCUT2D eigenvalue weighted by atomic mass is 32.2. The van der Waals surface area contributed by atoms with Gasteiger partial charge in [-0.1, -0.05) is 38.1 Å². The van der Waals surface area contributed by atoms with Crippen LogP contribution in [0.15, 0.2) is 47.4 Å². The Balaban J connectivity index is 1.50. The number of carbonyl (C=O) groups is 1. The second-order valence-corrected chi connectivity index (χ2v) is 11.7. The van der Waals surface area contributed by atoms with Crippen molar-refractivity contribution in [3.63, 3.8) is 0 Å². The molecule has 0 spiro atoms. The first-order chi connectivity index (χ1) is 15.2. The molecule has 4 rings (SSSR count). The first kappa shape index (κ1) is 23.0. The lowest BCUT2D eigenvalue weighted by Crippen LogP contribution is -2.42. The van der Waals surface area contributed by atoms with Gasteiger partial charge in [-0.05, 0) is 85.8 Å². The summed E-state index contributed by atoms with van der Waals surface area (Å²) >= 11 is 0. The Morgan fingerprint density at radius 3 is 2.41 bits per heavy atom. The van der Waals surface area contributed by atoms with Gasteiger partial charge in [-0.25, -0.2) is 8.42 Å². The molecular weight excluding hydrogens is 420 g/mol. The molecule has 3 atom stereocenters. The average molecular weight is 455 g/mol. The van der Waals surface area contributed by atoms with E-state index in [9.17, 15) is 13.2 Å². The van der Waals surface area contributed by atoms with Gasteiger partial charge in [0, 0.05) is 18.7 Å². The number of amides is 1. The lowest BCUT2D eigenvalue weighted by atomic mass is 9.89. The minimum atomic E-state index is -3.62. The van der Waals surface area contributed by atoms with Crippen LogP contribution in [0, 0.1) is 11.8 Å². The van der Waals surface area contributed by atoms with Crippen molar-refractivity contribution in [1.29, 1.82) is 0 Å². The monoisotopic (exact) mass is 454 g/mol. The Bertz CT molecular complexity index is 1090. The molecule has 2 unspecified atom stereocenters. The zero-order valence-corrected chi connectivity index (χ0v) is 20.1. The van der Waals surface area contributed by atoms with Crippen LogP contribution in [0.2, 0.25) is 0 Å². The zero-order chi connectivity index (χ0) is 22.9. The molecule has 0 radical (unpaired) electrons. The van der Waals surface area contributed by atoms with E-state index in [0.717, 1.165) is 24.8 Å². The molecule has 1 heterocycles. The molecule has 0 aromatic heterocycles. The van der Waals surface area contributed by atoms with Crippen molar-refractivity contribution >= 4 is 15.9 Å². The maximum absolute atomic E-state index is 13.2. The van der Waals surface area contributed by atoms with E-state index in [1.165, 1.54) is 30.0 Å². The lowest BCUT2D eigenvalue weighted by Gasteiger charge is -2.34. The molecule has 172 valence electrons. The normalized spacial score (nSPS) is 22.7.